The number of unbranched alkanes of at least 4 members (excludes halogenated alkanes) is 2. The van der Waals surface area contributed by atoms with Gasteiger partial charge in [-0.15, -0.1) is 0 Å². The SMILES string of the molecule is CC(=O)NCCCCCC(=O)NCc1ccccc1-c1ccc([C@H]2O[C@@H](CN(C)[C@@H](C)[C@H](O)c3ccccc3)C[C@@H](c3ccc(CO)cc3)O2)cc1. The molecule has 0 bridgehead atoms. The van der Waals surface area contributed by atoms with Crippen LogP contribution in [0.25, 0.3) is 11.1 Å². The number of carbonyl (C=O) groups is 2. The number of aliphatic hydroxyl groups excluding tert-OH is 2. The van der Waals surface area contributed by atoms with Crippen molar-refractivity contribution in [1.82, 2.24) is 15.5 Å². The Labute approximate surface area is 308 Å². The minimum absolute atomic E-state index is 0.0148. The van der Waals surface area contributed by atoms with E-state index in [-0.39, 0.29) is 36.7 Å². The Bertz CT molecular complexity index is 1700. The van der Waals surface area contributed by atoms with Gasteiger partial charge in [-0.05, 0) is 60.2 Å². The smallest absolute Gasteiger partial charge is 0.220 e. The van der Waals surface area contributed by atoms with E-state index in [1.54, 1.807) is 0 Å². The molecule has 2 amide bonds. The predicted octanol–water partition coefficient (Wildman–Crippen LogP) is 6.76. The number of nitrogens with one attached hydrogen (secondary N) is 2. The molecule has 5 atom stereocenters. The number of ether oxygens (including phenoxy) is 2. The van der Waals surface area contributed by atoms with E-state index in [1.165, 1.54) is 6.92 Å². The Kier molecular flexibility index (Phi) is 14.5. The Balaban J connectivity index is 1.25. The van der Waals surface area contributed by atoms with Gasteiger partial charge in [0.15, 0.2) is 6.29 Å². The molecule has 1 aliphatic rings. The van der Waals surface area contributed by atoms with Gasteiger partial charge in [-0.25, -0.2) is 0 Å². The first-order chi connectivity index (χ1) is 25.2. The van der Waals surface area contributed by atoms with Crippen LogP contribution in [-0.2, 0) is 32.2 Å². The van der Waals surface area contributed by atoms with E-state index in [0.29, 0.717) is 32.5 Å². The molecule has 4 aromatic rings. The molecule has 9 nitrogen and oxygen atoms in total. The second-order valence-electron chi connectivity index (χ2n) is 13.7. The van der Waals surface area contributed by atoms with Crippen molar-refractivity contribution in [2.24, 2.45) is 0 Å². The first-order valence-electron chi connectivity index (χ1n) is 18.3. The lowest BCUT2D eigenvalue weighted by Crippen LogP contribution is -2.43. The fourth-order valence-corrected chi connectivity index (χ4v) is 6.60. The van der Waals surface area contributed by atoms with Crippen LogP contribution in [0.2, 0.25) is 0 Å². The molecule has 1 heterocycles. The molecular formula is C43H53N3O6. The molecule has 9 heteroatoms. The predicted molar refractivity (Wildman–Crippen MR) is 203 cm³/mol. The molecule has 0 radical (unpaired) electrons. The molecule has 0 unspecified atom stereocenters. The van der Waals surface area contributed by atoms with Gasteiger partial charge in [0, 0.05) is 51.0 Å². The average molecular weight is 708 g/mol. The normalized spacial score (nSPS) is 18.5. The van der Waals surface area contributed by atoms with Crippen molar-refractivity contribution >= 4 is 11.8 Å². The van der Waals surface area contributed by atoms with Crippen LogP contribution in [-0.4, -0.2) is 59.2 Å². The van der Waals surface area contributed by atoms with Crippen molar-refractivity contribution in [2.75, 3.05) is 20.1 Å². The van der Waals surface area contributed by atoms with Crippen LogP contribution in [0.15, 0.2) is 103 Å². The highest BCUT2D eigenvalue weighted by Crippen LogP contribution is 2.39. The van der Waals surface area contributed by atoms with Crippen molar-refractivity contribution in [3.63, 3.8) is 0 Å². The largest absolute Gasteiger partial charge is 0.392 e. The Morgan fingerprint density at radius 2 is 1.54 bits per heavy atom. The monoisotopic (exact) mass is 707 g/mol. The van der Waals surface area contributed by atoms with E-state index >= 15 is 0 Å². The van der Waals surface area contributed by atoms with Gasteiger partial charge in [-0.3, -0.25) is 14.5 Å². The van der Waals surface area contributed by atoms with Gasteiger partial charge in [0.2, 0.25) is 11.8 Å². The molecule has 4 aromatic carbocycles. The van der Waals surface area contributed by atoms with Crippen molar-refractivity contribution in [1.29, 1.82) is 0 Å². The summed E-state index contributed by atoms with van der Waals surface area (Å²) in [6, 6.07) is 33.7. The first kappa shape index (κ1) is 38.8. The Hall–Kier alpha value is -4.38. The van der Waals surface area contributed by atoms with Crippen LogP contribution in [0.3, 0.4) is 0 Å². The quantitative estimate of drug-likeness (QED) is 0.0896. The fourth-order valence-electron chi connectivity index (χ4n) is 6.60. The van der Waals surface area contributed by atoms with Crippen LogP contribution >= 0.6 is 0 Å². The van der Waals surface area contributed by atoms with Gasteiger partial charge in [-0.1, -0.05) is 110 Å². The summed E-state index contributed by atoms with van der Waals surface area (Å²) >= 11 is 0. The highest BCUT2D eigenvalue weighted by atomic mass is 16.7. The third-order valence-corrected chi connectivity index (χ3v) is 9.84. The van der Waals surface area contributed by atoms with Crippen LogP contribution in [0.4, 0.5) is 0 Å². The number of hydrogen-bond donors (Lipinski definition) is 4. The molecular weight excluding hydrogens is 654 g/mol. The molecule has 52 heavy (non-hydrogen) atoms. The summed E-state index contributed by atoms with van der Waals surface area (Å²) in [5.41, 5.74) is 6.74. The molecule has 0 saturated carbocycles. The van der Waals surface area contributed by atoms with E-state index in [0.717, 1.165) is 58.2 Å². The van der Waals surface area contributed by atoms with Gasteiger partial charge in [0.25, 0.3) is 0 Å². The molecule has 0 aliphatic carbocycles. The van der Waals surface area contributed by atoms with Crippen LogP contribution in [0.1, 0.15) is 92.3 Å². The number of nitrogens with zero attached hydrogens (tertiary/aromatic N) is 1. The highest BCUT2D eigenvalue weighted by Gasteiger charge is 2.34. The zero-order chi connectivity index (χ0) is 36.9. The molecule has 1 aliphatic heterocycles. The van der Waals surface area contributed by atoms with E-state index in [9.17, 15) is 19.8 Å². The summed E-state index contributed by atoms with van der Waals surface area (Å²) in [5, 5.41) is 26.6. The van der Waals surface area contributed by atoms with E-state index in [1.807, 2.05) is 98.9 Å². The summed E-state index contributed by atoms with van der Waals surface area (Å²) in [7, 11) is 2.01. The van der Waals surface area contributed by atoms with E-state index in [2.05, 4.69) is 33.7 Å². The molecule has 4 N–H and O–H groups in total. The first-order valence-corrected chi connectivity index (χ1v) is 18.3. The van der Waals surface area contributed by atoms with Crippen molar-refractivity contribution in [3.8, 4) is 11.1 Å². The molecule has 5 rings (SSSR count). The Morgan fingerprint density at radius 1 is 0.846 bits per heavy atom. The second kappa shape index (κ2) is 19.5. The maximum atomic E-state index is 12.6. The number of amides is 2. The fraction of sp³-hybridized carbons (Fsp3) is 0.395. The van der Waals surface area contributed by atoms with Gasteiger partial charge in [-0.2, -0.15) is 0 Å². The number of benzene rings is 4. The van der Waals surface area contributed by atoms with Crippen molar-refractivity contribution < 1.29 is 29.3 Å². The number of carbonyl (C=O) groups excluding carboxylic acids is 2. The minimum Gasteiger partial charge on any atom is -0.392 e. The molecule has 0 spiro atoms. The third kappa shape index (κ3) is 11.1. The van der Waals surface area contributed by atoms with Gasteiger partial charge < -0.3 is 30.3 Å². The molecule has 1 saturated heterocycles. The third-order valence-electron chi connectivity index (χ3n) is 9.84. The standard InChI is InChI=1S/C43H53N3O6/c1-30(42(50)35-12-6-4-7-13-35)46(3)28-38-26-40(34-19-17-32(29-47)18-20-34)52-43(51-38)36-23-21-33(22-24-36)39-15-10-9-14-37(39)27-45-41(49)16-8-5-11-25-44-31(2)48/h4,6-7,9-10,12-15,17-24,30,38,40,42-43,47,50H,5,8,11,16,25-29H2,1-3H3,(H,44,48)(H,45,49)/t30-,38+,40-,42-,43-/m0/s1. The number of hydrogen-bond acceptors (Lipinski definition) is 7. The topological polar surface area (TPSA) is 120 Å². The van der Waals surface area contributed by atoms with Crippen LogP contribution in [0.5, 0.6) is 0 Å². The summed E-state index contributed by atoms with van der Waals surface area (Å²) < 4.78 is 13.2. The molecule has 1 fully saturated rings. The maximum absolute atomic E-state index is 12.6. The Morgan fingerprint density at radius 3 is 2.25 bits per heavy atom. The number of aliphatic hydroxyl groups is 2. The van der Waals surface area contributed by atoms with Crippen molar-refractivity contribution in [3.05, 3.63) is 131 Å². The van der Waals surface area contributed by atoms with Crippen LogP contribution in [0, 0.1) is 0 Å². The second-order valence-corrected chi connectivity index (χ2v) is 13.7. The summed E-state index contributed by atoms with van der Waals surface area (Å²) in [5.74, 6) is -0.0165. The molecule has 0 aromatic heterocycles. The zero-order valence-corrected chi connectivity index (χ0v) is 30.5. The summed E-state index contributed by atoms with van der Waals surface area (Å²) in [6.07, 6.45) is 1.98. The van der Waals surface area contributed by atoms with Crippen molar-refractivity contribution in [2.45, 2.75) is 89.7 Å². The van der Waals surface area contributed by atoms with Gasteiger partial charge >= 0.3 is 0 Å². The average Bonchev–Trinajstić information content (AvgIpc) is 3.18. The lowest BCUT2D eigenvalue weighted by Gasteiger charge is -2.39. The van der Waals surface area contributed by atoms with Gasteiger partial charge in [0.1, 0.15) is 0 Å². The zero-order valence-electron chi connectivity index (χ0n) is 30.5. The minimum atomic E-state index is -0.639. The summed E-state index contributed by atoms with van der Waals surface area (Å²) in [6.45, 7) is 5.19. The van der Waals surface area contributed by atoms with Gasteiger partial charge in [0.05, 0.1) is 24.9 Å². The maximum Gasteiger partial charge on any atom is 0.220 e. The molecule has 276 valence electrons. The lowest BCUT2D eigenvalue weighted by atomic mass is 9.97. The number of likely N-dealkylation sites (N-methyl/N-ethyl adjacent to an activating group) is 1. The highest BCUT2D eigenvalue weighted by molar-refractivity contribution is 5.76. The number of rotatable bonds is 17. The lowest BCUT2D eigenvalue weighted by molar-refractivity contribution is -0.253. The van der Waals surface area contributed by atoms with Crippen LogP contribution < -0.4 is 10.6 Å². The van der Waals surface area contributed by atoms with E-state index in [4.69, 9.17) is 9.47 Å². The van der Waals surface area contributed by atoms with E-state index < -0.39 is 12.4 Å². The summed E-state index contributed by atoms with van der Waals surface area (Å²) in [4.78, 5) is 25.7.